The van der Waals surface area contributed by atoms with Crippen LogP contribution in [-0.2, 0) is 9.47 Å². The second kappa shape index (κ2) is 7.29. The Kier molecular flexibility index (Phi) is 5.62. The van der Waals surface area contributed by atoms with Crippen molar-refractivity contribution in [3.05, 3.63) is 35.9 Å². The number of ether oxygens (including phenoxy) is 2. The minimum atomic E-state index is -0.903. The van der Waals surface area contributed by atoms with Crippen molar-refractivity contribution in [3.63, 3.8) is 0 Å². The summed E-state index contributed by atoms with van der Waals surface area (Å²) in [5.41, 5.74) is 0.0829. The van der Waals surface area contributed by atoms with Gasteiger partial charge in [-0.25, -0.2) is 4.79 Å². The maximum absolute atomic E-state index is 12.0. The largest absolute Gasteiger partial charge is 0.444 e. The summed E-state index contributed by atoms with van der Waals surface area (Å²) in [7, 11) is 0. The van der Waals surface area contributed by atoms with E-state index in [0.29, 0.717) is 5.56 Å². The van der Waals surface area contributed by atoms with E-state index >= 15 is 0 Å². The molecule has 6 heteroatoms. The Morgan fingerprint density at radius 1 is 1.30 bits per heavy atom. The lowest BCUT2D eigenvalue weighted by Gasteiger charge is -2.38. The highest BCUT2D eigenvalue weighted by molar-refractivity contribution is 5.68. The minimum Gasteiger partial charge on any atom is -0.444 e. The molecule has 128 valence electrons. The lowest BCUT2D eigenvalue weighted by atomic mass is 9.85. The fourth-order valence-electron chi connectivity index (χ4n) is 2.65. The number of alkyl carbamates (subject to hydrolysis) is 1. The molecule has 1 aliphatic rings. The van der Waals surface area contributed by atoms with E-state index in [-0.39, 0.29) is 13.2 Å². The molecular weight excluding hydrogens is 298 g/mol. The predicted octanol–water partition coefficient (Wildman–Crippen LogP) is 1.62. The van der Waals surface area contributed by atoms with Crippen LogP contribution in [0.25, 0.3) is 0 Å². The number of benzene rings is 1. The van der Waals surface area contributed by atoms with Crippen molar-refractivity contribution in [2.24, 2.45) is 5.92 Å². The second-order valence-electron chi connectivity index (χ2n) is 6.80. The Morgan fingerprint density at radius 3 is 2.57 bits per heavy atom. The van der Waals surface area contributed by atoms with Gasteiger partial charge in [0.2, 0.25) is 0 Å². The molecule has 3 N–H and O–H groups in total. The van der Waals surface area contributed by atoms with Gasteiger partial charge < -0.3 is 25.0 Å². The maximum Gasteiger partial charge on any atom is 0.407 e. The smallest absolute Gasteiger partial charge is 0.407 e. The van der Waals surface area contributed by atoms with Crippen molar-refractivity contribution >= 4 is 6.09 Å². The van der Waals surface area contributed by atoms with Gasteiger partial charge in [0.15, 0.2) is 0 Å². The summed E-state index contributed by atoms with van der Waals surface area (Å²) in [6.45, 7) is 5.65. The zero-order valence-corrected chi connectivity index (χ0v) is 13.7. The van der Waals surface area contributed by atoms with Crippen LogP contribution >= 0.6 is 0 Å². The first-order valence-electron chi connectivity index (χ1n) is 7.76. The van der Waals surface area contributed by atoms with Crippen LogP contribution in [-0.4, -0.2) is 47.3 Å². The van der Waals surface area contributed by atoms with Crippen molar-refractivity contribution in [1.29, 1.82) is 0 Å². The van der Waals surface area contributed by atoms with E-state index in [1.54, 1.807) is 32.9 Å². The van der Waals surface area contributed by atoms with Crippen LogP contribution in [0.3, 0.4) is 0 Å². The molecule has 1 aromatic carbocycles. The molecule has 0 aromatic heterocycles. The molecule has 2 rings (SSSR count). The van der Waals surface area contributed by atoms with Gasteiger partial charge in [-0.05, 0) is 26.3 Å². The van der Waals surface area contributed by atoms with Crippen LogP contribution in [0.2, 0.25) is 0 Å². The number of aliphatic hydroxyl groups is 2. The van der Waals surface area contributed by atoms with Crippen molar-refractivity contribution in [3.8, 4) is 0 Å². The van der Waals surface area contributed by atoms with E-state index in [2.05, 4.69) is 5.32 Å². The molecule has 6 nitrogen and oxygen atoms in total. The highest BCUT2D eigenvalue weighted by Gasteiger charge is 2.39. The van der Waals surface area contributed by atoms with E-state index in [9.17, 15) is 15.0 Å². The summed E-state index contributed by atoms with van der Waals surface area (Å²) in [5.74, 6) is -0.464. The van der Waals surface area contributed by atoms with Gasteiger partial charge in [-0.3, -0.25) is 0 Å². The summed E-state index contributed by atoms with van der Waals surface area (Å²) in [6, 6.07) is 8.48. The molecule has 1 aliphatic heterocycles. The molecule has 0 saturated carbocycles. The van der Waals surface area contributed by atoms with Crippen molar-refractivity contribution in [1.82, 2.24) is 5.32 Å². The van der Waals surface area contributed by atoms with Crippen molar-refractivity contribution < 1.29 is 24.5 Å². The fourth-order valence-corrected chi connectivity index (χ4v) is 2.65. The third-order valence-electron chi connectivity index (χ3n) is 3.70. The number of hydrogen-bond acceptors (Lipinski definition) is 5. The van der Waals surface area contributed by atoms with Crippen LogP contribution in [0, 0.1) is 5.92 Å². The van der Waals surface area contributed by atoms with Gasteiger partial charge >= 0.3 is 6.09 Å². The number of aliphatic hydroxyl groups excluding tert-OH is 2. The number of carbonyl (C=O) groups is 1. The molecule has 23 heavy (non-hydrogen) atoms. The number of hydrogen-bond donors (Lipinski definition) is 3. The van der Waals surface area contributed by atoms with E-state index in [0.717, 1.165) is 0 Å². The van der Waals surface area contributed by atoms with E-state index < -0.39 is 35.9 Å². The summed E-state index contributed by atoms with van der Waals surface area (Å²) in [5, 5.41) is 23.4. The SMILES string of the molecule is CC(C)(C)OC(=O)N[C@H]1[C@@H]([C@@H](O)c2ccccc2)COC[C@H]1O. The molecule has 0 radical (unpaired) electrons. The van der Waals surface area contributed by atoms with Crippen LogP contribution in [0.15, 0.2) is 30.3 Å². The van der Waals surface area contributed by atoms with E-state index in [4.69, 9.17) is 9.47 Å². The maximum atomic E-state index is 12.0. The molecule has 0 unspecified atom stereocenters. The highest BCUT2D eigenvalue weighted by atomic mass is 16.6. The van der Waals surface area contributed by atoms with E-state index in [1.807, 2.05) is 18.2 Å². The van der Waals surface area contributed by atoms with Gasteiger partial charge in [-0.1, -0.05) is 30.3 Å². The molecule has 1 aromatic rings. The van der Waals surface area contributed by atoms with Gasteiger partial charge in [0.25, 0.3) is 0 Å². The first-order chi connectivity index (χ1) is 10.8. The molecule has 0 bridgehead atoms. The Bertz CT molecular complexity index is 513. The normalized spacial score (nSPS) is 26.4. The average molecular weight is 323 g/mol. The van der Waals surface area contributed by atoms with Gasteiger partial charge in [0, 0.05) is 5.92 Å². The lowest BCUT2D eigenvalue weighted by molar-refractivity contribution is -0.0944. The lowest BCUT2D eigenvalue weighted by Crippen LogP contribution is -2.56. The molecule has 0 spiro atoms. The topological polar surface area (TPSA) is 88.0 Å². The second-order valence-corrected chi connectivity index (χ2v) is 6.80. The van der Waals surface area contributed by atoms with Gasteiger partial charge in [0.1, 0.15) is 5.60 Å². The number of amides is 1. The molecule has 1 saturated heterocycles. The minimum absolute atomic E-state index is 0.110. The summed E-state index contributed by atoms with van der Waals surface area (Å²) in [6.07, 6.45) is -2.38. The summed E-state index contributed by atoms with van der Waals surface area (Å²) < 4.78 is 10.6. The van der Waals surface area contributed by atoms with Crippen molar-refractivity contribution in [2.75, 3.05) is 13.2 Å². The van der Waals surface area contributed by atoms with Gasteiger partial charge in [-0.2, -0.15) is 0 Å². The third-order valence-corrected chi connectivity index (χ3v) is 3.70. The number of carbonyl (C=O) groups excluding carboxylic acids is 1. The monoisotopic (exact) mass is 323 g/mol. The van der Waals surface area contributed by atoms with Gasteiger partial charge in [0.05, 0.1) is 31.5 Å². The first kappa shape index (κ1) is 17.7. The molecule has 1 fully saturated rings. The Balaban J connectivity index is 2.11. The zero-order valence-electron chi connectivity index (χ0n) is 13.7. The standard InChI is InChI=1S/C17H25NO5/c1-17(2,3)23-16(21)18-14-12(9-22-10-13(14)19)15(20)11-7-5-4-6-8-11/h4-8,12-15,19-20H,9-10H2,1-3H3,(H,18,21)/t12-,13+,14-,15-/m0/s1. The quantitative estimate of drug-likeness (QED) is 0.787. The fraction of sp³-hybridized carbons (Fsp3) is 0.588. The average Bonchev–Trinajstić information content (AvgIpc) is 2.47. The molecule has 1 amide bonds. The molecule has 0 aliphatic carbocycles. The van der Waals surface area contributed by atoms with E-state index in [1.165, 1.54) is 0 Å². The van der Waals surface area contributed by atoms with Gasteiger partial charge in [-0.15, -0.1) is 0 Å². The Labute approximate surface area is 136 Å². The Hall–Kier alpha value is -1.63. The van der Waals surface area contributed by atoms with Crippen LogP contribution in [0.4, 0.5) is 4.79 Å². The predicted molar refractivity (Wildman–Crippen MR) is 84.9 cm³/mol. The first-order valence-corrected chi connectivity index (χ1v) is 7.76. The summed E-state index contributed by atoms with van der Waals surface area (Å²) >= 11 is 0. The van der Waals surface area contributed by atoms with Crippen LogP contribution in [0.5, 0.6) is 0 Å². The van der Waals surface area contributed by atoms with Crippen molar-refractivity contribution in [2.45, 2.75) is 44.6 Å². The third kappa shape index (κ3) is 4.92. The highest BCUT2D eigenvalue weighted by Crippen LogP contribution is 2.29. The summed E-state index contributed by atoms with van der Waals surface area (Å²) in [4.78, 5) is 12.0. The molecule has 1 heterocycles. The molecule has 4 atom stereocenters. The van der Waals surface area contributed by atoms with Crippen LogP contribution in [0.1, 0.15) is 32.4 Å². The van der Waals surface area contributed by atoms with Crippen LogP contribution < -0.4 is 5.32 Å². The number of rotatable bonds is 3. The molecular formula is C17H25NO5. The number of nitrogens with one attached hydrogen (secondary N) is 1. The zero-order chi connectivity index (χ0) is 17.0. The Morgan fingerprint density at radius 2 is 1.96 bits per heavy atom.